The van der Waals surface area contributed by atoms with Gasteiger partial charge in [-0.3, -0.25) is 0 Å². The van der Waals surface area contributed by atoms with Crippen LogP contribution in [0.5, 0.6) is 0 Å². The Bertz CT molecular complexity index is 216. The Kier molecular flexibility index (Phi) is 3.99. The number of halogens is 3. The van der Waals surface area contributed by atoms with E-state index in [-0.39, 0.29) is 19.0 Å². The maximum absolute atomic E-state index is 11.7. The van der Waals surface area contributed by atoms with Crippen LogP contribution in [0.1, 0.15) is 18.0 Å². The molecule has 0 aliphatic rings. The lowest BCUT2D eigenvalue weighted by molar-refractivity contribution is 0.115. The Morgan fingerprint density at radius 3 is 2.55 bits per heavy atom. The van der Waals surface area contributed by atoms with Crippen molar-refractivity contribution in [2.75, 3.05) is 0 Å². The monoisotopic (exact) mass is 184 g/mol. The van der Waals surface area contributed by atoms with Crippen LogP contribution in [-0.2, 0) is 6.54 Å². The fraction of sp³-hybridized carbons (Fsp3) is 0.400. The topological polar surface area (TPSA) is 52.0 Å². The van der Waals surface area contributed by atoms with Crippen LogP contribution in [0.2, 0.25) is 0 Å². The molecule has 0 saturated heterocycles. The Hall–Kier alpha value is -0.680. The molecule has 0 amide bonds. The average Bonchev–Trinajstić information content (AvgIpc) is 2.34. The van der Waals surface area contributed by atoms with Gasteiger partial charge in [0.25, 0.3) is 5.89 Å². The minimum atomic E-state index is -2.65. The molecule has 1 rings (SSSR count). The standard InChI is InChI=1S/C5H6F2N2O.ClH/c6-4(7)5-9-3(1-8)2-10-5;/h2,4H,1,8H2;1H. The van der Waals surface area contributed by atoms with Crippen LogP contribution in [0.4, 0.5) is 8.78 Å². The van der Waals surface area contributed by atoms with E-state index in [0.717, 1.165) is 6.26 Å². The number of hydrogen-bond donors (Lipinski definition) is 1. The van der Waals surface area contributed by atoms with Gasteiger partial charge in [0.15, 0.2) is 0 Å². The van der Waals surface area contributed by atoms with E-state index in [4.69, 9.17) is 5.73 Å². The highest BCUT2D eigenvalue weighted by molar-refractivity contribution is 5.85. The molecule has 0 radical (unpaired) electrons. The molecule has 0 atom stereocenters. The lowest BCUT2D eigenvalue weighted by Crippen LogP contribution is -1.96. The third-order valence-corrected chi connectivity index (χ3v) is 0.965. The van der Waals surface area contributed by atoms with Gasteiger partial charge in [0.1, 0.15) is 6.26 Å². The smallest absolute Gasteiger partial charge is 0.313 e. The maximum Gasteiger partial charge on any atom is 0.313 e. The molecule has 0 saturated carbocycles. The van der Waals surface area contributed by atoms with Crippen molar-refractivity contribution in [2.24, 2.45) is 5.73 Å². The summed E-state index contributed by atoms with van der Waals surface area (Å²) >= 11 is 0. The molecule has 0 aromatic carbocycles. The predicted octanol–water partition coefficient (Wildman–Crippen LogP) is 1.49. The van der Waals surface area contributed by atoms with Crippen molar-refractivity contribution in [3.63, 3.8) is 0 Å². The van der Waals surface area contributed by atoms with Crippen molar-refractivity contribution in [1.29, 1.82) is 0 Å². The lowest BCUT2D eigenvalue weighted by atomic mass is 10.5. The van der Waals surface area contributed by atoms with Crippen LogP contribution in [-0.4, -0.2) is 4.98 Å². The van der Waals surface area contributed by atoms with E-state index in [1.54, 1.807) is 0 Å². The quantitative estimate of drug-likeness (QED) is 0.758. The molecule has 0 aliphatic heterocycles. The molecular formula is C5H7ClF2N2O. The predicted molar refractivity (Wildman–Crippen MR) is 36.6 cm³/mol. The van der Waals surface area contributed by atoms with Crippen molar-refractivity contribution in [1.82, 2.24) is 4.98 Å². The Morgan fingerprint density at radius 1 is 1.64 bits per heavy atom. The number of oxazole rings is 1. The highest BCUT2D eigenvalue weighted by Gasteiger charge is 2.13. The van der Waals surface area contributed by atoms with Gasteiger partial charge in [-0.25, -0.2) is 4.98 Å². The fourth-order valence-corrected chi connectivity index (χ4v) is 0.517. The summed E-state index contributed by atoms with van der Waals surface area (Å²) in [4.78, 5) is 3.39. The second kappa shape index (κ2) is 4.25. The number of aromatic nitrogens is 1. The number of nitrogens with two attached hydrogens (primary N) is 1. The summed E-state index contributed by atoms with van der Waals surface area (Å²) in [5, 5.41) is 0. The molecule has 3 nitrogen and oxygen atoms in total. The molecule has 11 heavy (non-hydrogen) atoms. The number of hydrogen-bond acceptors (Lipinski definition) is 3. The summed E-state index contributed by atoms with van der Waals surface area (Å²) in [7, 11) is 0. The lowest BCUT2D eigenvalue weighted by Gasteiger charge is -1.86. The van der Waals surface area contributed by atoms with E-state index in [1.165, 1.54) is 0 Å². The van der Waals surface area contributed by atoms with E-state index in [1.807, 2.05) is 0 Å². The Balaban J connectivity index is 0.000001000. The van der Waals surface area contributed by atoms with Gasteiger partial charge in [-0.15, -0.1) is 12.4 Å². The van der Waals surface area contributed by atoms with Crippen LogP contribution in [0.15, 0.2) is 10.7 Å². The van der Waals surface area contributed by atoms with Crippen molar-refractivity contribution < 1.29 is 13.2 Å². The highest BCUT2D eigenvalue weighted by atomic mass is 35.5. The summed E-state index contributed by atoms with van der Waals surface area (Å²) in [5.41, 5.74) is 5.44. The molecule has 6 heteroatoms. The van der Waals surface area contributed by atoms with Gasteiger partial charge in [0.05, 0.1) is 5.69 Å². The first-order chi connectivity index (χ1) is 4.74. The molecule has 1 aromatic rings. The van der Waals surface area contributed by atoms with E-state index < -0.39 is 12.3 Å². The minimum absolute atomic E-state index is 0. The van der Waals surface area contributed by atoms with Gasteiger partial charge < -0.3 is 10.2 Å². The summed E-state index contributed by atoms with van der Waals surface area (Å²) < 4.78 is 27.8. The third kappa shape index (κ3) is 2.44. The zero-order chi connectivity index (χ0) is 7.56. The first-order valence-electron chi connectivity index (χ1n) is 2.66. The first kappa shape index (κ1) is 10.3. The summed E-state index contributed by atoms with van der Waals surface area (Å²) in [6, 6.07) is 0. The number of rotatable bonds is 2. The number of nitrogens with zero attached hydrogens (tertiary/aromatic N) is 1. The van der Waals surface area contributed by atoms with Crippen molar-refractivity contribution >= 4 is 12.4 Å². The van der Waals surface area contributed by atoms with Gasteiger partial charge >= 0.3 is 6.43 Å². The largest absolute Gasteiger partial charge is 0.444 e. The SMILES string of the molecule is Cl.NCc1coc(C(F)F)n1. The molecule has 2 N–H and O–H groups in total. The van der Waals surface area contributed by atoms with Gasteiger partial charge in [-0.05, 0) is 0 Å². The van der Waals surface area contributed by atoms with E-state index in [0.29, 0.717) is 5.69 Å². The summed E-state index contributed by atoms with van der Waals surface area (Å²) in [6.07, 6.45) is -1.53. The first-order valence-corrected chi connectivity index (χ1v) is 2.66. The molecule has 0 unspecified atom stereocenters. The normalized spacial score (nSPS) is 9.82. The zero-order valence-electron chi connectivity index (χ0n) is 5.46. The second-order valence-electron chi connectivity index (χ2n) is 1.68. The fourth-order valence-electron chi connectivity index (χ4n) is 0.517. The van der Waals surface area contributed by atoms with Crippen LogP contribution < -0.4 is 5.73 Å². The van der Waals surface area contributed by atoms with Gasteiger partial charge in [-0.1, -0.05) is 0 Å². The molecule has 0 fully saturated rings. The van der Waals surface area contributed by atoms with E-state index in [9.17, 15) is 8.78 Å². The van der Waals surface area contributed by atoms with Crippen LogP contribution in [0, 0.1) is 0 Å². The van der Waals surface area contributed by atoms with Gasteiger partial charge in [-0.2, -0.15) is 8.78 Å². The molecule has 64 valence electrons. The van der Waals surface area contributed by atoms with E-state index in [2.05, 4.69) is 9.40 Å². The Morgan fingerprint density at radius 2 is 2.27 bits per heavy atom. The van der Waals surface area contributed by atoms with E-state index >= 15 is 0 Å². The van der Waals surface area contributed by atoms with Gasteiger partial charge in [0, 0.05) is 6.54 Å². The van der Waals surface area contributed by atoms with Crippen LogP contribution in [0.3, 0.4) is 0 Å². The zero-order valence-corrected chi connectivity index (χ0v) is 6.28. The van der Waals surface area contributed by atoms with Crippen molar-refractivity contribution in [2.45, 2.75) is 13.0 Å². The number of alkyl halides is 2. The van der Waals surface area contributed by atoms with Gasteiger partial charge in [0.2, 0.25) is 0 Å². The van der Waals surface area contributed by atoms with Crippen LogP contribution >= 0.6 is 12.4 Å². The maximum atomic E-state index is 11.7. The molecule has 1 heterocycles. The molecule has 0 spiro atoms. The van der Waals surface area contributed by atoms with Crippen molar-refractivity contribution in [3.8, 4) is 0 Å². The Labute approximate surface area is 68.0 Å². The second-order valence-corrected chi connectivity index (χ2v) is 1.68. The van der Waals surface area contributed by atoms with Crippen LogP contribution in [0.25, 0.3) is 0 Å². The average molecular weight is 185 g/mol. The van der Waals surface area contributed by atoms with Crippen molar-refractivity contribution in [3.05, 3.63) is 17.8 Å². The molecular weight excluding hydrogens is 178 g/mol. The third-order valence-electron chi connectivity index (χ3n) is 0.965. The minimum Gasteiger partial charge on any atom is -0.444 e. The molecule has 0 aliphatic carbocycles. The molecule has 0 bridgehead atoms. The summed E-state index contributed by atoms with van der Waals surface area (Å²) in [6.45, 7) is 0.121. The molecule has 1 aromatic heterocycles. The highest BCUT2D eigenvalue weighted by Crippen LogP contribution is 2.16. The summed E-state index contributed by atoms with van der Waals surface area (Å²) in [5.74, 6) is -0.569.